The highest BCUT2D eigenvalue weighted by molar-refractivity contribution is 6.06. The summed E-state index contributed by atoms with van der Waals surface area (Å²) < 4.78 is 2.23. The maximum Gasteiger partial charge on any atom is 0.407 e. The number of pyridine rings is 1. The summed E-state index contributed by atoms with van der Waals surface area (Å²) in [6.45, 7) is 10.7. The van der Waals surface area contributed by atoms with Gasteiger partial charge >= 0.3 is 6.09 Å². The highest BCUT2D eigenvalue weighted by Crippen LogP contribution is 2.32. The molecule has 4 rings (SSSR count). The predicted octanol–water partition coefficient (Wildman–Crippen LogP) is 4.90. The molecule has 2 aromatic heterocycles. The Morgan fingerprint density at radius 2 is 1.82 bits per heavy atom. The van der Waals surface area contributed by atoms with Crippen LogP contribution in [0.4, 0.5) is 10.6 Å². The molecule has 0 aliphatic heterocycles. The van der Waals surface area contributed by atoms with Gasteiger partial charge in [0.1, 0.15) is 11.3 Å². The zero-order chi connectivity index (χ0) is 27.4. The van der Waals surface area contributed by atoms with E-state index in [1.165, 1.54) is 4.90 Å². The molecule has 0 aliphatic carbocycles. The zero-order valence-electron chi connectivity index (χ0n) is 22.1. The standard InChI is InChI=1S/C29H34N6O3/c1-5-19(4)27-33-24-25(22-8-6-7-9-23(22)32-26(24)30)35(27)17-21-12-10-20(11-13-21)16-34(29(37)38)15-14-31-28(36)18(2)3/h6-13,19H,2,5,14-17H2,1,3-4H3,(H2,30,32)(H,31,36)(H,37,38). The quantitative estimate of drug-likeness (QED) is 0.258. The third kappa shape index (κ3) is 5.61. The van der Waals surface area contributed by atoms with Crippen LogP contribution in [0.5, 0.6) is 0 Å². The van der Waals surface area contributed by atoms with Gasteiger partial charge in [0.05, 0.1) is 11.0 Å². The Balaban J connectivity index is 1.59. The molecule has 0 spiro atoms. The first-order valence-electron chi connectivity index (χ1n) is 12.7. The molecule has 0 radical (unpaired) electrons. The minimum Gasteiger partial charge on any atom is -0.465 e. The molecule has 4 aromatic rings. The second-order valence-corrected chi connectivity index (χ2v) is 9.63. The van der Waals surface area contributed by atoms with Crippen molar-refractivity contribution in [2.24, 2.45) is 0 Å². The van der Waals surface area contributed by atoms with Gasteiger partial charge in [0, 0.05) is 43.1 Å². The van der Waals surface area contributed by atoms with E-state index < -0.39 is 6.09 Å². The van der Waals surface area contributed by atoms with Crippen LogP contribution in [0.1, 0.15) is 50.1 Å². The first kappa shape index (κ1) is 26.7. The summed E-state index contributed by atoms with van der Waals surface area (Å²) >= 11 is 0. The Kier molecular flexibility index (Phi) is 7.95. The topological polar surface area (TPSA) is 126 Å². The van der Waals surface area contributed by atoms with Crippen molar-refractivity contribution in [1.82, 2.24) is 24.8 Å². The monoisotopic (exact) mass is 514 g/mol. The predicted molar refractivity (Wildman–Crippen MR) is 150 cm³/mol. The number of nitrogen functional groups attached to an aromatic ring is 1. The number of nitrogens with two attached hydrogens (primary N) is 1. The summed E-state index contributed by atoms with van der Waals surface area (Å²) in [5, 5.41) is 13.3. The number of para-hydroxylation sites is 1. The van der Waals surface area contributed by atoms with Crippen LogP contribution in [0.15, 0.2) is 60.7 Å². The van der Waals surface area contributed by atoms with E-state index in [1.54, 1.807) is 6.92 Å². The van der Waals surface area contributed by atoms with Crippen LogP contribution >= 0.6 is 0 Å². The Morgan fingerprint density at radius 3 is 2.47 bits per heavy atom. The molecule has 0 fully saturated rings. The number of fused-ring (bicyclic) bond motifs is 3. The SMILES string of the molecule is C=C(C)C(=O)NCCN(Cc1ccc(Cn2c(C(C)CC)nc3c(N)nc4ccccc4c32)cc1)C(=O)O. The van der Waals surface area contributed by atoms with Crippen molar-refractivity contribution >= 4 is 39.8 Å². The number of anilines is 1. The van der Waals surface area contributed by atoms with Gasteiger partial charge in [0.15, 0.2) is 5.82 Å². The van der Waals surface area contributed by atoms with Gasteiger partial charge in [-0.05, 0) is 30.5 Å². The van der Waals surface area contributed by atoms with Crippen LogP contribution in [0.2, 0.25) is 0 Å². The first-order chi connectivity index (χ1) is 18.2. The number of hydrogen-bond acceptors (Lipinski definition) is 5. The molecule has 0 bridgehead atoms. The number of carboxylic acid groups (broad SMARTS) is 1. The number of imidazole rings is 1. The van der Waals surface area contributed by atoms with Gasteiger partial charge in [-0.25, -0.2) is 14.8 Å². The summed E-state index contributed by atoms with van der Waals surface area (Å²) in [4.78, 5) is 34.2. The van der Waals surface area contributed by atoms with Crippen LogP contribution in [0.25, 0.3) is 21.9 Å². The Bertz CT molecular complexity index is 1490. The molecule has 2 heterocycles. The number of carbonyl (C=O) groups is 2. The number of hydrogen-bond donors (Lipinski definition) is 3. The van der Waals surface area contributed by atoms with Gasteiger partial charge in [-0.1, -0.05) is 62.9 Å². The number of aromatic nitrogens is 3. The third-order valence-electron chi connectivity index (χ3n) is 6.76. The average Bonchev–Trinajstić information content (AvgIpc) is 3.28. The fourth-order valence-corrected chi connectivity index (χ4v) is 4.45. The van der Waals surface area contributed by atoms with Crippen molar-refractivity contribution < 1.29 is 14.7 Å². The number of carbonyl (C=O) groups excluding carboxylic acids is 1. The number of amides is 2. The van der Waals surface area contributed by atoms with E-state index in [2.05, 4.69) is 35.3 Å². The minimum absolute atomic E-state index is 0.179. The van der Waals surface area contributed by atoms with Gasteiger partial charge in [-0.3, -0.25) is 4.79 Å². The fraction of sp³-hybridized carbons (Fsp3) is 0.310. The van der Waals surface area contributed by atoms with Crippen molar-refractivity contribution in [3.05, 3.63) is 77.6 Å². The maximum atomic E-state index is 11.8. The second-order valence-electron chi connectivity index (χ2n) is 9.63. The molecule has 198 valence electrons. The zero-order valence-corrected chi connectivity index (χ0v) is 22.1. The number of rotatable bonds is 10. The van der Waals surface area contributed by atoms with Gasteiger partial charge in [0.2, 0.25) is 5.91 Å². The minimum atomic E-state index is -1.04. The molecule has 0 saturated heterocycles. The largest absolute Gasteiger partial charge is 0.465 e. The van der Waals surface area contributed by atoms with Crippen LogP contribution in [-0.2, 0) is 17.9 Å². The van der Waals surface area contributed by atoms with Gasteiger partial charge in [0.25, 0.3) is 0 Å². The molecule has 38 heavy (non-hydrogen) atoms. The maximum absolute atomic E-state index is 11.8. The molecule has 4 N–H and O–H groups in total. The molecule has 2 amide bonds. The van der Waals surface area contributed by atoms with E-state index in [0.717, 1.165) is 39.8 Å². The van der Waals surface area contributed by atoms with Gasteiger partial charge < -0.3 is 25.6 Å². The van der Waals surface area contributed by atoms with Crippen molar-refractivity contribution in [2.75, 3.05) is 18.8 Å². The lowest BCUT2D eigenvalue weighted by Crippen LogP contribution is -2.37. The molecule has 1 unspecified atom stereocenters. The van der Waals surface area contributed by atoms with E-state index in [9.17, 15) is 14.7 Å². The van der Waals surface area contributed by atoms with Crippen LogP contribution in [0, 0.1) is 0 Å². The van der Waals surface area contributed by atoms with Crippen molar-refractivity contribution in [1.29, 1.82) is 0 Å². The molecular formula is C29H34N6O3. The van der Waals surface area contributed by atoms with E-state index >= 15 is 0 Å². The smallest absolute Gasteiger partial charge is 0.407 e. The molecule has 2 aromatic carbocycles. The van der Waals surface area contributed by atoms with Crippen LogP contribution in [-0.4, -0.2) is 49.6 Å². The molecule has 1 atom stereocenters. The Morgan fingerprint density at radius 1 is 1.13 bits per heavy atom. The van der Waals surface area contributed by atoms with E-state index in [4.69, 9.17) is 10.7 Å². The van der Waals surface area contributed by atoms with Crippen LogP contribution < -0.4 is 11.1 Å². The van der Waals surface area contributed by atoms with Crippen molar-refractivity contribution in [3.8, 4) is 0 Å². The molecule has 9 nitrogen and oxygen atoms in total. The second kappa shape index (κ2) is 11.3. The normalized spacial score (nSPS) is 12.0. The number of benzene rings is 2. The molecule has 9 heteroatoms. The Labute approximate surface area is 222 Å². The summed E-state index contributed by atoms with van der Waals surface area (Å²) in [6.07, 6.45) is -0.106. The van der Waals surface area contributed by atoms with Crippen molar-refractivity contribution in [2.45, 2.75) is 46.2 Å². The van der Waals surface area contributed by atoms with Crippen LogP contribution in [0.3, 0.4) is 0 Å². The molecule has 0 aliphatic rings. The number of nitrogens with one attached hydrogen (secondary N) is 1. The third-order valence-corrected chi connectivity index (χ3v) is 6.76. The van der Waals surface area contributed by atoms with Gasteiger partial charge in [-0.15, -0.1) is 0 Å². The molecular weight excluding hydrogens is 480 g/mol. The lowest BCUT2D eigenvalue weighted by molar-refractivity contribution is -0.117. The lowest BCUT2D eigenvalue weighted by atomic mass is 10.1. The Hall–Kier alpha value is -4.40. The first-order valence-corrected chi connectivity index (χ1v) is 12.7. The summed E-state index contributed by atoms with van der Waals surface area (Å²) in [7, 11) is 0. The van der Waals surface area contributed by atoms with E-state index in [1.807, 2.05) is 48.5 Å². The summed E-state index contributed by atoms with van der Waals surface area (Å²) in [6, 6.07) is 15.8. The van der Waals surface area contributed by atoms with Crippen molar-refractivity contribution in [3.63, 3.8) is 0 Å². The summed E-state index contributed by atoms with van der Waals surface area (Å²) in [5.74, 6) is 1.33. The van der Waals surface area contributed by atoms with Gasteiger partial charge in [-0.2, -0.15) is 0 Å². The molecule has 0 saturated carbocycles. The highest BCUT2D eigenvalue weighted by Gasteiger charge is 2.20. The average molecular weight is 515 g/mol. The summed E-state index contributed by atoms with van der Waals surface area (Å²) in [5.41, 5.74) is 11.2. The highest BCUT2D eigenvalue weighted by atomic mass is 16.4. The van der Waals surface area contributed by atoms with E-state index in [0.29, 0.717) is 23.5 Å². The van der Waals surface area contributed by atoms with E-state index in [-0.39, 0.29) is 31.5 Å². The number of nitrogens with zero attached hydrogens (tertiary/aromatic N) is 4. The lowest BCUT2D eigenvalue weighted by Gasteiger charge is -2.20. The fourth-order valence-electron chi connectivity index (χ4n) is 4.45.